The quantitative estimate of drug-likeness (QED) is 0.599. The van der Waals surface area contributed by atoms with Crippen molar-refractivity contribution in [3.05, 3.63) is 0 Å². The molecular weight excluding hydrogens is 304 g/mol. The number of rotatable bonds is 6. The molecule has 0 fully saturated rings. The van der Waals surface area contributed by atoms with Crippen molar-refractivity contribution in [2.45, 2.75) is 6.92 Å². The van der Waals surface area contributed by atoms with Gasteiger partial charge in [-0.25, -0.2) is 9.80 Å². The van der Waals surface area contributed by atoms with Gasteiger partial charge in [-0.05, 0) is 6.92 Å². The maximum Gasteiger partial charge on any atom is 0.421 e. The Morgan fingerprint density at radius 2 is 1.92 bits per heavy atom. The van der Waals surface area contributed by atoms with Crippen molar-refractivity contribution >= 4 is 38.0 Å². The zero-order chi connectivity index (χ0) is 10.1. The lowest BCUT2D eigenvalue weighted by atomic mass is 10.6. The summed E-state index contributed by atoms with van der Waals surface area (Å²) in [7, 11) is 0. The first-order valence-electron chi connectivity index (χ1n) is 4.04. The van der Waals surface area contributed by atoms with Crippen LogP contribution in [0.3, 0.4) is 0 Å². The molecule has 0 bridgehead atoms. The molecule has 1 amide bonds. The standard InChI is InChI=1S/C7H14Br2N2O2/c1-2-13-7(12)10-11(5-3-8)6-4-9/h2-6H2,1H3,(H,10,12). The van der Waals surface area contributed by atoms with Crippen molar-refractivity contribution in [2.75, 3.05) is 30.4 Å². The fourth-order valence-electron chi connectivity index (χ4n) is 0.720. The Hall–Kier alpha value is 0.190. The number of hydrogen-bond donors (Lipinski definition) is 1. The molecule has 0 radical (unpaired) electrons. The highest BCUT2D eigenvalue weighted by molar-refractivity contribution is 9.09. The summed E-state index contributed by atoms with van der Waals surface area (Å²) in [6, 6.07) is 0. The number of nitrogens with one attached hydrogen (secondary N) is 1. The van der Waals surface area contributed by atoms with Gasteiger partial charge in [-0.3, -0.25) is 5.43 Å². The monoisotopic (exact) mass is 316 g/mol. The number of carbonyl (C=O) groups excluding carboxylic acids is 1. The fourth-order valence-corrected chi connectivity index (χ4v) is 1.58. The Labute approximate surface area is 95.2 Å². The second kappa shape index (κ2) is 8.77. The number of ether oxygens (including phenoxy) is 1. The Morgan fingerprint density at radius 3 is 2.31 bits per heavy atom. The van der Waals surface area contributed by atoms with Crippen LogP contribution in [-0.2, 0) is 4.74 Å². The van der Waals surface area contributed by atoms with Crippen molar-refractivity contribution in [2.24, 2.45) is 0 Å². The molecule has 0 aromatic rings. The molecular formula is C7H14Br2N2O2. The van der Waals surface area contributed by atoms with E-state index in [1.54, 1.807) is 11.9 Å². The van der Waals surface area contributed by atoms with Crippen LogP contribution in [-0.4, -0.2) is 41.5 Å². The van der Waals surface area contributed by atoms with Crippen molar-refractivity contribution < 1.29 is 9.53 Å². The molecule has 4 nitrogen and oxygen atoms in total. The van der Waals surface area contributed by atoms with E-state index in [0.717, 1.165) is 23.7 Å². The average Bonchev–Trinajstić information content (AvgIpc) is 2.05. The largest absolute Gasteiger partial charge is 0.449 e. The molecule has 0 unspecified atom stereocenters. The number of halogens is 2. The summed E-state index contributed by atoms with van der Waals surface area (Å²) in [4.78, 5) is 11.0. The maximum absolute atomic E-state index is 11.0. The van der Waals surface area contributed by atoms with E-state index in [1.165, 1.54) is 0 Å². The number of nitrogens with zero attached hydrogens (tertiary/aromatic N) is 1. The molecule has 0 saturated carbocycles. The second-order valence-corrected chi connectivity index (χ2v) is 3.78. The number of hydrazine groups is 1. The first-order valence-corrected chi connectivity index (χ1v) is 6.29. The average molecular weight is 318 g/mol. The first kappa shape index (κ1) is 13.2. The zero-order valence-corrected chi connectivity index (χ0v) is 10.7. The Bertz CT molecular complexity index is 140. The molecule has 0 heterocycles. The molecule has 13 heavy (non-hydrogen) atoms. The van der Waals surface area contributed by atoms with Gasteiger partial charge in [0.05, 0.1) is 6.61 Å². The van der Waals surface area contributed by atoms with Gasteiger partial charge < -0.3 is 4.74 Å². The molecule has 1 N–H and O–H groups in total. The molecule has 0 aliphatic heterocycles. The van der Waals surface area contributed by atoms with E-state index in [-0.39, 0.29) is 0 Å². The highest BCUT2D eigenvalue weighted by atomic mass is 79.9. The molecule has 0 aromatic carbocycles. The molecule has 0 aliphatic rings. The van der Waals surface area contributed by atoms with E-state index in [1.807, 2.05) is 0 Å². The molecule has 0 saturated heterocycles. The van der Waals surface area contributed by atoms with E-state index < -0.39 is 6.09 Å². The van der Waals surface area contributed by atoms with Gasteiger partial charge in [-0.1, -0.05) is 31.9 Å². The summed E-state index contributed by atoms with van der Waals surface area (Å²) in [5.74, 6) is 0. The highest BCUT2D eigenvalue weighted by Crippen LogP contribution is 1.91. The SMILES string of the molecule is CCOC(=O)NN(CCBr)CCBr. The lowest BCUT2D eigenvalue weighted by Gasteiger charge is -2.20. The van der Waals surface area contributed by atoms with Crippen LogP contribution in [0.25, 0.3) is 0 Å². The van der Waals surface area contributed by atoms with Crippen molar-refractivity contribution in [1.29, 1.82) is 0 Å². The molecule has 6 heteroatoms. The predicted molar refractivity (Wildman–Crippen MR) is 59.3 cm³/mol. The minimum absolute atomic E-state index is 0.391. The third-order valence-electron chi connectivity index (χ3n) is 1.23. The minimum atomic E-state index is -0.399. The van der Waals surface area contributed by atoms with Gasteiger partial charge in [0.15, 0.2) is 0 Å². The summed E-state index contributed by atoms with van der Waals surface area (Å²) in [5.41, 5.74) is 2.63. The van der Waals surface area contributed by atoms with Crippen LogP contribution in [0.2, 0.25) is 0 Å². The van der Waals surface area contributed by atoms with Crippen molar-refractivity contribution in [1.82, 2.24) is 10.4 Å². The molecule has 0 aromatic heterocycles. The van der Waals surface area contributed by atoms with Crippen molar-refractivity contribution in [3.63, 3.8) is 0 Å². The molecule has 0 spiro atoms. The van der Waals surface area contributed by atoms with Gasteiger partial charge in [0.25, 0.3) is 0 Å². The molecule has 0 rings (SSSR count). The zero-order valence-electron chi connectivity index (χ0n) is 7.56. The summed E-state index contributed by atoms with van der Waals surface area (Å²) in [6.45, 7) is 3.68. The van der Waals surface area contributed by atoms with Gasteiger partial charge in [0.1, 0.15) is 0 Å². The van der Waals surface area contributed by atoms with Crippen LogP contribution >= 0.6 is 31.9 Å². The van der Waals surface area contributed by atoms with E-state index in [4.69, 9.17) is 4.74 Å². The smallest absolute Gasteiger partial charge is 0.421 e. The normalized spacial score (nSPS) is 10.2. The summed E-state index contributed by atoms with van der Waals surface area (Å²) in [6.07, 6.45) is -0.399. The fraction of sp³-hybridized carbons (Fsp3) is 0.857. The molecule has 0 atom stereocenters. The maximum atomic E-state index is 11.0. The first-order chi connectivity index (χ1) is 6.24. The second-order valence-electron chi connectivity index (χ2n) is 2.20. The Morgan fingerprint density at radius 1 is 1.38 bits per heavy atom. The van der Waals surface area contributed by atoms with E-state index >= 15 is 0 Å². The van der Waals surface area contributed by atoms with Crippen LogP contribution in [0.4, 0.5) is 4.79 Å². The summed E-state index contributed by atoms with van der Waals surface area (Å²) < 4.78 is 4.74. The third-order valence-corrected chi connectivity index (χ3v) is 1.94. The van der Waals surface area contributed by atoms with E-state index in [9.17, 15) is 4.79 Å². The van der Waals surface area contributed by atoms with Gasteiger partial charge in [0.2, 0.25) is 0 Å². The molecule has 78 valence electrons. The lowest BCUT2D eigenvalue weighted by Crippen LogP contribution is -2.44. The van der Waals surface area contributed by atoms with Gasteiger partial charge in [-0.2, -0.15) is 0 Å². The van der Waals surface area contributed by atoms with Crippen LogP contribution in [0, 0.1) is 0 Å². The number of carbonyl (C=O) groups is 1. The summed E-state index contributed by atoms with van der Waals surface area (Å²) in [5, 5.41) is 3.42. The van der Waals surface area contributed by atoms with Crippen molar-refractivity contribution in [3.8, 4) is 0 Å². The topological polar surface area (TPSA) is 41.6 Å². The minimum Gasteiger partial charge on any atom is -0.449 e. The summed E-state index contributed by atoms with van der Waals surface area (Å²) >= 11 is 6.60. The number of hydrogen-bond acceptors (Lipinski definition) is 3. The van der Waals surface area contributed by atoms with E-state index in [2.05, 4.69) is 37.3 Å². The Balaban J connectivity index is 3.71. The van der Waals surface area contributed by atoms with Crippen LogP contribution in [0.1, 0.15) is 6.92 Å². The van der Waals surface area contributed by atoms with Gasteiger partial charge in [0, 0.05) is 23.7 Å². The molecule has 0 aliphatic carbocycles. The number of alkyl halides is 2. The van der Waals surface area contributed by atoms with Gasteiger partial charge in [-0.15, -0.1) is 0 Å². The predicted octanol–water partition coefficient (Wildman–Crippen LogP) is 1.74. The van der Waals surface area contributed by atoms with Crippen LogP contribution in [0.15, 0.2) is 0 Å². The Kier molecular flexibility index (Phi) is 8.90. The highest BCUT2D eigenvalue weighted by Gasteiger charge is 2.07. The van der Waals surface area contributed by atoms with Crippen LogP contribution in [0.5, 0.6) is 0 Å². The lowest BCUT2D eigenvalue weighted by molar-refractivity contribution is 0.115. The van der Waals surface area contributed by atoms with Crippen LogP contribution < -0.4 is 5.43 Å². The third kappa shape index (κ3) is 7.28. The van der Waals surface area contributed by atoms with E-state index in [0.29, 0.717) is 6.61 Å². The number of amides is 1. The van der Waals surface area contributed by atoms with Gasteiger partial charge >= 0.3 is 6.09 Å².